The maximum absolute atomic E-state index is 10.0. The molecule has 12 heteroatoms. The van der Waals surface area contributed by atoms with Crippen molar-refractivity contribution in [1.82, 2.24) is 0 Å². The van der Waals surface area contributed by atoms with Gasteiger partial charge in [-0.3, -0.25) is 4.57 Å². The van der Waals surface area contributed by atoms with Crippen LogP contribution in [0.3, 0.4) is 0 Å². The van der Waals surface area contributed by atoms with E-state index in [9.17, 15) is 18.0 Å². The van der Waals surface area contributed by atoms with Crippen molar-refractivity contribution in [2.24, 2.45) is 8.80 Å². The second-order valence-corrected chi connectivity index (χ2v) is 3.32. The number of nitrogens with zero attached hydrogens (tertiary/aromatic N) is 2. The van der Waals surface area contributed by atoms with E-state index in [4.69, 9.17) is 9.46 Å². The van der Waals surface area contributed by atoms with Gasteiger partial charge in [-0.05, 0) is 0 Å². The van der Waals surface area contributed by atoms with E-state index in [1.54, 1.807) is 0 Å². The number of rotatable bonds is 3. The number of hydrogen-bond donors (Lipinski definition) is 0. The quantitative estimate of drug-likeness (QED) is 0.115. The summed E-state index contributed by atoms with van der Waals surface area (Å²) in [5.74, 6) is 0. The zero-order chi connectivity index (χ0) is 10.7. The minimum absolute atomic E-state index is 0. The molecular formula is C2F2N2NaO4PS2. The summed E-state index contributed by atoms with van der Waals surface area (Å²) in [6.45, 7) is 0. The first-order valence-corrected chi connectivity index (χ1v) is 5.56. The Labute approximate surface area is 107 Å². The van der Waals surface area contributed by atoms with Crippen molar-refractivity contribution in [3.63, 3.8) is 0 Å². The van der Waals surface area contributed by atoms with Crippen LogP contribution in [0.4, 0.5) is 8.39 Å². The number of halogens is 2. The molecule has 0 radical (unpaired) electrons. The van der Waals surface area contributed by atoms with Crippen LogP contribution >= 0.6 is 30.0 Å². The molecule has 0 saturated heterocycles. The molecule has 0 aliphatic rings. The van der Waals surface area contributed by atoms with Gasteiger partial charge in [0.15, 0.2) is 0 Å². The Kier molecular flexibility index (Phi) is 19.3. The Hall–Kier alpha value is 0.510. The molecule has 0 aliphatic carbocycles. The Morgan fingerprint density at radius 1 is 1.14 bits per heavy atom. The summed E-state index contributed by atoms with van der Waals surface area (Å²) in [6.07, 6.45) is 2.51. The van der Waals surface area contributed by atoms with Gasteiger partial charge in [-0.15, -0.1) is 8.80 Å². The molecule has 0 aromatic heterocycles. The summed E-state index contributed by atoms with van der Waals surface area (Å²) in [4.78, 5) is 26.9. The molecule has 0 rings (SSSR count). The van der Waals surface area contributed by atoms with Gasteiger partial charge < -0.3 is 4.89 Å². The molecule has 0 saturated carbocycles. The molecular weight excluding hydrogens is 272 g/mol. The van der Waals surface area contributed by atoms with Crippen molar-refractivity contribution in [2.75, 3.05) is 0 Å². The topological polar surface area (TPSA) is 99.0 Å². The van der Waals surface area contributed by atoms with E-state index in [0.717, 1.165) is 22.0 Å². The zero-order valence-electron chi connectivity index (χ0n) is 6.55. The molecule has 0 unspecified atom stereocenters. The molecule has 0 atom stereocenters. The van der Waals surface area contributed by atoms with E-state index in [2.05, 4.69) is 8.80 Å². The average Bonchev–Trinajstić information content (AvgIpc) is 1.95. The van der Waals surface area contributed by atoms with Crippen LogP contribution in [-0.2, 0) is 14.2 Å². The van der Waals surface area contributed by atoms with Gasteiger partial charge in [-0.1, -0.05) is 0 Å². The van der Waals surface area contributed by atoms with E-state index < -0.39 is 7.99 Å². The minimum atomic E-state index is -5.89. The van der Waals surface area contributed by atoms with Gasteiger partial charge in [-0.25, -0.2) is 9.59 Å². The molecule has 0 amide bonds. The fraction of sp³-hybridized carbons (Fsp3) is 0. The third-order valence-corrected chi connectivity index (χ3v) is 1.19. The Bertz CT molecular complexity index is 248. The van der Waals surface area contributed by atoms with Crippen LogP contribution in [0.25, 0.3) is 0 Å². The van der Waals surface area contributed by atoms with Crippen molar-refractivity contribution < 1.29 is 57.0 Å². The van der Waals surface area contributed by atoms with Crippen LogP contribution in [0.2, 0.25) is 0 Å². The van der Waals surface area contributed by atoms with Gasteiger partial charge in [0.05, 0.1) is 22.0 Å². The molecule has 0 spiro atoms. The van der Waals surface area contributed by atoms with Gasteiger partial charge >= 0.3 is 37.5 Å². The van der Waals surface area contributed by atoms with Crippen LogP contribution in [0.1, 0.15) is 0 Å². The summed E-state index contributed by atoms with van der Waals surface area (Å²) < 4.78 is 34.4. The van der Waals surface area contributed by atoms with Crippen molar-refractivity contribution in [2.45, 2.75) is 0 Å². The maximum Gasteiger partial charge on any atom is 1.00 e. The Balaban J connectivity index is -0.000000177. The summed E-state index contributed by atoms with van der Waals surface area (Å²) in [5.41, 5.74) is 0. The van der Waals surface area contributed by atoms with Crippen molar-refractivity contribution in [1.29, 1.82) is 0 Å². The third-order valence-electron chi connectivity index (χ3n) is 0.182. The fourth-order valence-electron chi connectivity index (χ4n) is 0.0638. The smallest absolute Gasteiger partial charge is 0.749 e. The van der Waals surface area contributed by atoms with Crippen LogP contribution < -0.4 is 34.5 Å². The van der Waals surface area contributed by atoms with Crippen LogP contribution in [0.5, 0.6) is 0 Å². The zero-order valence-corrected chi connectivity index (χ0v) is 11.1. The van der Waals surface area contributed by atoms with Gasteiger partial charge in [0.1, 0.15) is 0 Å². The predicted octanol–water partition coefficient (Wildman–Crippen LogP) is -1.73. The Morgan fingerprint density at radius 2 is 1.36 bits per heavy atom. The molecule has 0 N–H and O–H groups in total. The first-order valence-electron chi connectivity index (χ1n) is 2.09. The molecule has 0 aromatic carbocycles. The van der Waals surface area contributed by atoms with Crippen LogP contribution in [0.15, 0.2) is 8.80 Å². The molecule has 0 heterocycles. The van der Waals surface area contributed by atoms with Gasteiger partial charge in [-0.2, -0.15) is 8.39 Å². The summed E-state index contributed by atoms with van der Waals surface area (Å²) in [7, 11) is -4.36. The van der Waals surface area contributed by atoms with Gasteiger partial charge in [0, 0.05) is 0 Å². The van der Waals surface area contributed by atoms with Gasteiger partial charge in [0.25, 0.3) is 0 Å². The van der Waals surface area contributed by atoms with E-state index in [1.165, 1.54) is 12.2 Å². The van der Waals surface area contributed by atoms with Gasteiger partial charge in [0.2, 0.25) is 12.2 Å². The molecule has 0 fully saturated rings. The first kappa shape index (κ1) is 20.0. The monoisotopic (exact) mass is 272 g/mol. The second kappa shape index (κ2) is 13.5. The van der Waals surface area contributed by atoms with Crippen molar-refractivity contribution >= 4 is 42.1 Å². The minimum Gasteiger partial charge on any atom is -0.749 e. The van der Waals surface area contributed by atoms with Crippen LogP contribution in [-0.4, -0.2) is 12.2 Å². The SMILES string of the molecule is O=C=NSSN=C=O.O=P([O-])(F)F.[Na+]. The second-order valence-electron chi connectivity index (χ2n) is 0.929. The summed E-state index contributed by atoms with van der Waals surface area (Å²) in [5, 5.41) is 0. The van der Waals surface area contributed by atoms with E-state index in [-0.39, 0.29) is 29.6 Å². The largest absolute Gasteiger partial charge is 1.00 e. The summed E-state index contributed by atoms with van der Waals surface area (Å²) >= 11 is 0. The van der Waals surface area contributed by atoms with E-state index >= 15 is 0 Å². The number of isocyanates is 2. The summed E-state index contributed by atoms with van der Waals surface area (Å²) in [6, 6.07) is 0. The standard InChI is InChI=1S/C2N2O2S2.F2HO2P.Na/c5-1-3-7-8-4-2-6;1-5(2,3)4;/h;(H,3,4);/q;;+1/p-1. The molecule has 0 aliphatic heterocycles. The normalized spacial score (nSPS) is 7.93. The average molecular weight is 272 g/mol. The number of carbonyl (C=O) groups excluding carboxylic acids is 2. The van der Waals surface area contributed by atoms with Crippen LogP contribution in [0, 0.1) is 0 Å². The predicted molar refractivity (Wildman–Crippen MR) is 41.2 cm³/mol. The third kappa shape index (κ3) is 54.6. The van der Waals surface area contributed by atoms with Crippen molar-refractivity contribution in [3.8, 4) is 0 Å². The van der Waals surface area contributed by atoms with Crippen molar-refractivity contribution in [3.05, 3.63) is 0 Å². The van der Waals surface area contributed by atoms with E-state index in [1.807, 2.05) is 0 Å². The maximum atomic E-state index is 10.0. The molecule has 6 nitrogen and oxygen atoms in total. The molecule has 14 heavy (non-hydrogen) atoms. The van der Waals surface area contributed by atoms with E-state index in [0.29, 0.717) is 0 Å². The molecule has 0 aromatic rings. The molecule has 0 bridgehead atoms. The molecule has 74 valence electrons. The number of hydrogen-bond acceptors (Lipinski definition) is 8. The fourth-order valence-corrected chi connectivity index (χ4v) is 0.574. The first-order chi connectivity index (χ1) is 5.91. The Morgan fingerprint density at radius 3 is 1.50 bits per heavy atom.